The van der Waals surface area contributed by atoms with Gasteiger partial charge in [0.15, 0.2) is 0 Å². The van der Waals surface area contributed by atoms with Gasteiger partial charge in [-0.1, -0.05) is 0 Å². The van der Waals surface area contributed by atoms with Crippen molar-refractivity contribution in [2.75, 3.05) is 47.3 Å². The molecule has 1 aromatic rings. The van der Waals surface area contributed by atoms with Crippen LogP contribution in [0.1, 0.15) is 18.4 Å². The van der Waals surface area contributed by atoms with Gasteiger partial charge in [-0.05, 0) is 63.8 Å². The van der Waals surface area contributed by atoms with E-state index in [1.54, 1.807) is 23.4 Å². The van der Waals surface area contributed by atoms with Gasteiger partial charge in [0.25, 0.3) is 0 Å². The molecule has 1 fully saturated rings. The summed E-state index contributed by atoms with van der Waals surface area (Å²) in [5, 5.41) is 0. The molecule has 2 heterocycles. The second kappa shape index (κ2) is 8.79. The molecule has 0 atom stereocenters. The van der Waals surface area contributed by atoms with Gasteiger partial charge in [0.1, 0.15) is 0 Å². The number of pyridine rings is 1. The van der Waals surface area contributed by atoms with Gasteiger partial charge in [-0.3, -0.25) is 9.78 Å². The lowest BCUT2D eigenvalue weighted by Crippen LogP contribution is -2.44. The van der Waals surface area contributed by atoms with Crippen LogP contribution >= 0.6 is 0 Å². The first-order valence-corrected chi connectivity index (χ1v) is 8.28. The molecule has 1 aliphatic heterocycles. The molecule has 0 N–H and O–H groups in total. The molecule has 0 aromatic carbocycles. The Kier molecular flexibility index (Phi) is 6.74. The van der Waals surface area contributed by atoms with Crippen LogP contribution in [0.15, 0.2) is 30.6 Å². The Morgan fingerprint density at radius 1 is 1.26 bits per heavy atom. The van der Waals surface area contributed by atoms with E-state index in [1.165, 1.54) is 25.9 Å². The Morgan fingerprint density at radius 3 is 2.57 bits per heavy atom. The van der Waals surface area contributed by atoms with E-state index in [0.717, 1.165) is 18.7 Å². The number of piperidine rings is 1. The van der Waals surface area contributed by atoms with Crippen molar-refractivity contribution < 1.29 is 4.79 Å². The first kappa shape index (κ1) is 17.6. The number of carbonyl (C=O) groups excluding carboxylic acids is 1. The maximum absolute atomic E-state index is 12.1. The van der Waals surface area contributed by atoms with Gasteiger partial charge in [-0.25, -0.2) is 0 Å². The van der Waals surface area contributed by atoms with Crippen molar-refractivity contribution in [3.05, 3.63) is 36.2 Å². The smallest absolute Gasteiger partial charge is 0.246 e. The number of likely N-dealkylation sites (tertiary alicyclic amines) is 1. The van der Waals surface area contributed by atoms with E-state index in [2.05, 4.69) is 28.9 Å². The number of rotatable bonds is 6. The molecule has 1 amide bonds. The fraction of sp³-hybridized carbons (Fsp3) is 0.556. The van der Waals surface area contributed by atoms with Crippen molar-refractivity contribution in [3.8, 4) is 0 Å². The lowest BCUT2D eigenvalue weighted by Gasteiger charge is -2.35. The molecule has 0 radical (unpaired) electrons. The zero-order valence-corrected chi connectivity index (χ0v) is 14.5. The molecule has 0 saturated carbocycles. The molecule has 126 valence electrons. The van der Waals surface area contributed by atoms with Crippen molar-refractivity contribution in [2.24, 2.45) is 0 Å². The maximum Gasteiger partial charge on any atom is 0.246 e. The van der Waals surface area contributed by atoms with Crippen LogP contribution in [0, 0.1) is 0 Å². The fourth-order valence-electron chi connectivity index (χ4n) is 2.81. The zero-order valence-electron chi connectivity index (χ0n) is 14.5. The minimum atomic E-state index is 0.0404. The van der Waals surface area contributed by atoms with Crippen molar-refractivity contribution in [1.29, 1.82) is 0 Å². The van der Waals surface area contributed by atoms with Crippen LogP contribution in [-0.4, -0.2) is 79.0 Å². The molecule has 1 saturated heterocycles. The van der Waals surface area contributed by atoms with E-state index in [4.69, 9.17) is 0 Å². The van der Waals surface area contributed by atoms with Crippen LogP contribution in [0.5, 0.6) is 0 Å². The monoisotopic (exact) mass is 316 g/mol. The topological polar surface area (TPSA) is 39.7 Å². The molecule has 0 spiro atoms. The lowest BCUT2D eigenvalue weighted by atomic mass is 10.0. The summed E-state index contributed by atoms with van der Waals surface area (Å²) < 4.78 is 0. The number of nitrogens with zero attached hydrogens (tertiary/aromatic N) is 4. The summed E-state index contributed by atoms with van der Waals surface area (Å²) in [7, 11) is 6.21. The Hall–Kier alpha value is -1.72. The normalized spacial score (nSPS) is 17.0. The summed E-state index contributed by atoms with van der Waals surface area (Å²) in [6.07, 6.45) is 9.35. The molecule has 0 unspecified atom stereocenters. The molecule has 1 aromatic heterocycles. The highest BCUT2D eigenvalue weighted by Crippen LogP contribution is 2.13. The maximum atomic E-state index is 12.1. The standard InChI is InChI=1S/C18H28N4O/c1-20-12-8-17(9-13-20)21(2)14-15-22(3)18(23)5-4-16-6-10-19-11-7-16/h4-7,10-11,17H,8-9,12-15H2,1-3H3/b5-4+. The summed E-state index contributed by atoms with van der Waals surface area (Å²) in [5.74, 6) is 0.0404. The highest BCUT2D eigenvalue weighted by Gasteiger charge is 2.20. The Balaban J connectivity index is 1.74. The minimum Gasteiger partial charge on any atom is -0.341 e. The molecule has 2 rings (SSSR count). The lowest BCUT2D eigenvalue weighted by molar-refractivity contribution is -0.124. The average molecular weight is 316 g/mol. The van der Waals surface area contributed by atoms with Crippen molar-refractivity contribution in [1.82, 2.24) is 19.7 Å². The van der Waals surface area contributed by atoms with Crippen LogP contribution < -0.4 is 0 Å². The van der Waals surface area contributed by atoms with E-state index in [1.807, 2.05) is 25.3 Å². The van der Waals surface area contributed by atoms with Crippen molar-refractivity contribution in [3.63, 3.8) is 0 Å². The predicted molar refractivity (Wildman–Crippen MR) is 94.1 cm³/mol. The van der Waals surface area contributed by atoms with Gasteiger partial charge in [-0.15, -0.1) is 0 Å². The zero-order chi connectivity index (χ0) is 16.7. The summed E-state index contributed by atoms with van der Waals surface area (Å²) in [4.78, 5) is 22.7. The largest absolute Gasteiger partial charge is 0.341 e. The fourth-order valence-corrected chi connectivity index (χ4v) is 2.81. The highest BCUT2D eigenvalue weighted by atomic mass is 16.2. The Bertz CT molecular complexity index is 509. The summed E-state index contributed by atoms with van der Waals surface area (Å²) in [6.45, 7) is 4.00. The summed E-state index contributed by atoms with van der Waals surface area (Å²) in [6, 6.07) is 4.41. The second-order valence-corrected chi connectivity index (χ2v) is 6.39. The van der Waals surface area contributed by atoms with Gasteiger partial charge < -0.3 is 14.7 Å². The number of aromatic nitrogens is 1. The van der Waals surface area contributed by atoms with E-state index in [0.29, 0.717) is 6.04 Å². The minimum absolute atomic E-state index is 0.0404. The number of amides is 1. The number of hydrogen-bond donors (Lipinski definition) is 0. The third kappa shape index (κ3) is 5.77. The molecule has 5 nitrogen and oxygen atoms in total. The van der Waals surface area contributed by atoms with Crippen LogP contribution in [0.3, 0.4) is 0 Å². The molecule has 1 aliphatic rings. The number of likely N-dealkylation sites (N-methyl/N-ethyl adjacent to an activating group) is 2. The molecular formula is C18H28N4O. The second-order valence-electron chi connectivity index (χ2n) is 6.39. The summed E-state index contributed by atoms with van der Waals surface area (Å²) >= 11 is 0. The molecule has 0 bridgehead atoms. The first-order valence-electron chi connectivity index (χ1n) is 8.28. The Labute approximate surface area is 139 Å². The third-order valence-corrected chi connectivity index (χ3v) is 4.60. The molecular weight excluding hydrogens is 288 g/mol. The number of carbonyl (C=O) groups is 1. The molecule has 23 heavy (non-hydrogen) atoms. The highest BCUT2D eigenvalue weighted by molar-refractivity contribution is 5.91. The van der Waals surface area contributed by atoms with E-state index in [-0.39, 0.29) is 5.91 Å². The van der Waals surface area contributed by atoms with Crippen molar-refractivity contribution >= 4 is 12.0 Å². The van der Waals surface area contributed by atoms with Crippen LogP contribution in [-0.2, 0) is 4.79 Å². The number of hydrogen-bond acceptors (Lipinski definition) is 4. The summed E-state index contributed by atoms with van der Waals surface area (Å²) in [5.41, 5.74) is 0.991. The Morgan fingerprint density at radius 2 is 1.91 bits per heavy atom. The van der Waals surface area contributed by atoms with E-state index < -0.39 is 0 Å². The van der Waals surface area contributed by atoms with Gasteiger partial charge >= 0.3 is 0 Å². The van der Waals surface area contributed by atoms with Gasteiger partial charge in [0, 0.05) is 44.6 Å². The predicted octanol–water partition coefficient (Wildman–Crippen LogP) is 1.58. The van der Waals surface area contributed by atoms with E-state index >= 15 is 0 Å². The SMILES string of the molecule is CN1CCC(N(C)CCN(C)C(=O)/C=C/c2ccncc2)CC1. The third-order valence-electron chi connectivity index (χ3n) is 4.60. The average Bonchev–Trinajstić information content (AvgIpc) is 2.58. The molecule has 5 heteroatoms. The quantitative estimate of drug-likeness (QED) is 0.747. The molecule has 0 aliphatic carbocycles. The van der Waals surface area contributed by atoms with Gasteiger partial charge in [0.05, 0.1) is 0 Å². The van der Waals surface area contributed by atoms with E-state index in [9.17, 15) is 4.79 Å². The van der Waals surface area contributed by atoms with Crippen LogP contribution in [0.25, 0.3) is 6.08 Å². The van der Waals surface area contributed by atoms with Gasteiger partial charge in [-0.2, -0.15) is 0 Å². The van der Waals surface area contributed by atoms with Crippen LogP contribution in [0.4, 0.5) is 0 Å². The van der Waals surface area contributed by atoms with Crippen LogP contribution in [0.2, 0.25) is 0 Å². The van der Waals surface area contributed by atoms with Crippen molar-refractivity contribution in [2.45, 2.75) is 18.9 Å². The van der Waals surface area contributed by atoms with Gasteiger partial charge in [0.2, 0.25) is 5.91 Å². The first-order chi connectivity index (χ1) is 11.1.